The predicted octanol–water partition coefficient (Wildman–Crippen LogP) is 0.295. The molecule has 1 fully saturated rings. The van der Waals surface area contributed by atoms with Crippen LogP contribution in [0.4, 0.5) is 0 Å². The maximum absolute atomic E-state index is 10.9. The average Bonchev–Trinajstić information content (AvgIpc) is 2.16. The van der Waals surface area contributed by atoms with Gasteiger partial charge in [0.1, 0.15) is 0 Å². The molecular weight excluding hydrogens is 208 g/mol. The zero-order valence-corrected chi connectivity index (χ0v) is 9.69. The second-order valence-corrected chi connectivity index (χ2v) is 4.67. The fraction of sp³-hybridized carbons (Fsp3) is 0.818. The summed E-state index contributed by atoms with van der Waals surface area (Å²) in [6.45, 7) is 4.16. The molecule has 0 bridgehead atoms. The Morgan fingerprint density at radius 2 is 2.25 bits per heavy atom. The molecule has 1 aliphatic heterocycles. The number of carbonyl (C=O) groups excluding carboxylic acids is 1. The summed E-state index contributed by atoms with van der Waals surface area (Å²) in [5.41, 5.74) is 5.21. The first-order valence-corrected chi connectivity index (χ1v) is 5.72. The van der Waals surface area contributed by atoms with Crippen LogP contribution in [-0.2, 0) is 9.59 Å². The average molecular weight is 228 g/mol. The van der Waals surface area contributed by atoms with Crippen LogP contribution in [0.1, 0.15) is 26.2 Å². The van der Waals surface area contributed by atoms with Crippen molar-refractivity contribution in [3.63, 3.8) is 0 Å². The van der Waals surface area contributed by atoms with Gasteiger partial charge in [0.2, 0.25) is 5.91 Å². The number of carboxylic acid groups (broad SMARTS) is 1. The van der Waals surface area contributed by atoms with Crippen molar-refractivity contribution >= 4 is 11.9 Å². The first-order valence-electron chi connectivity index (χ1n) is 5.72. The van der Waals surface area contributed by atoms with Gasteiger partial charge < -0.3 is 15.7 Å². The van der Waals surface area contributed by atoms with Gasteiger partial charge in [-0.15, -0.1) is 0 Å². The molecule has 0 aliphatic carbocycles. The molecular formula is C11H20N2O3. The van der Waals surface area contributed by atoms with Crippen molar-refractivity contribution in [2.75, 3.05) is 19.6 Å². The van der Waals surface area contributed by atoms with Crippen molar-refractivity contribution < 1.29 is 14.7 Å². The molecule has 16 heavy (non-hydrogen) atoms. The minimum Gasteiger partial charge on any atom is -0.481 e. The molecule has 0 radical (unpaired) electrons. The zero-order valence-electron chi connectivity index (χ0n) is 9.69. The Morgan fingerprint density at radius 1 is 1.56 bits per heavy atom. The number of piperidine rings is 1. The Kier molecular flexibility index (Phi) is 4.73. The van der Waals surface area contributed by atoms with E-state index in [4.69, 9.17) is 10.8 Å². The van der Waals surface area contributed by atoms with E-state index in [-0.39, 0.29) is 24.2 Å². The fourth-order valence-electron chi connectivity index (χ4n) is 2.21. The van der Waals surface area contributed by atoms with Crippen molar-refractivity contribution in [1.29, 1.82) is 0 Å². The number of hydrogen-bond acceptors (Lipinski definition) is 3. The van der Waals surface area contributed by atoms with Crippen LogP contribution in [0.15, 0.2) is 0 Å². The van der Waals surface area contributed by atoms with Crippen LogP contribution < -0.4 is 5.73 Å². The van der Waals surface area contributed by atoms with Gasteiger partial charge in [-0.3, -0.25) is 9.59 Å². The number of carboxylic acids is 1. The molecule has 3 N–H and O–H groups in total. The van der Waals surface area contributed by atoms with Crippen LogP contribution in [0.5, 0.6) is 0 Å². The Balaban J connectivity index is 2.38. The Morgan fingerprint density at radius 3 is 2.81 bits per heavy atom. The van der Waals surface area contributed by atoms with Gasteiger partial charge in [-0.1, -0.05) is 6.92 Å². The molecule has 92 valence electrons. The van der Waals surface area contributed by atoms with Gasteiger partial charge in [0.05, 0.1) is 0 Å². The fourth-order valence-corrected chi connectivity index (χ4v) is 2.21. The summed E-state index contributed by atoms with van der Waals surface area (Å²) in [7, 11) is 0. The Bertz CT molecular complexity index is 268. The third-order valence-electron chi connectivity index (χ3n) is 3.08. The monoisotopic (exact) mass is 228 g/mol. The first-order chi connectivity index (χ1) is 7.49. The molecule has 2 unspecified atom stereocenters. The third kappa shape index (κ3) is 4.18. The van der Waals surface area contributed by atoms with Crippen LogP contribution in [0, 0.1) is 11.8 Å². The SMILES string of the molecule is CC(CN1CCCC(CC(=O)O)C1)C(N)=O. The number of primary amides is 1. The van der Waals surface area contributed by atoms with Crippen LogP contribution in [-0.4, -0.2) is 41.5 Å². The van der Waals surface area contributed by atoms with Crippen LogP contribution in [0.25, 0.3) is 0 Å². The number of hydrogen-bond donors (Lipinski definition) is 2. The number of amides is 1. The van der Waals surface area contributed by atoms with Gasteiger partial charge in [0.25, 0.3) is 0 Å². The molecule has 0 saturated carbocycles. The Labute approximate surface area is 95.6 Å². The number of likely N-dealkylation sites (tertiary alicyclic amines) is 1. The van der Waals surface area contributed by atoms with Gasteiger partial charge in [-0.05, 0) is 25.3 Å². The molecule has 1 saturated heterocycles. The highest BCUT2D eigenvalue weighted by Gasteiger charge is 2.23. The summed E-state index contributed by atoms with van der Waals surface area (Å²) in [4.78, 5) is 23.7. The largest absolute Gasteiger partial charge is 0.481 e. The van der Waals surface area contributed by atoms with E-state index in [1.165, 1.54) is 0 Å². The van der Waals surface area contributed by atoms with Crippen molar-refractivity contribution in [2.45, 2.75) is 26.2 Å². The van der Waals surface area contributed by atoms with Crippen molar-refractivity contribution in [1.82, 2.24) is 4.90 Å². The van der Waals surface area contributed by atoms with E-state index in [0.29, 0.717) is 6.54 Å². The summed E-state index contributed by atoms with van der Waals surface area (Å²) in [6, 6.07) is 0. The van der Waals surface area contributed by atoms with E-state index in [2.05, 4.69) is 4.90 Å². The van der Waals surface area contributed by atoms with Gasteiger partial charge in [-0.25, -0.2) is 0 Å². The number of nitrogens with zero attached hydrogens (tertiary/aromatic N) is 1. The molecule has 0 spiro atoms. The maximum atomic E-state index is 10.9. The van der Waals surface area contributed by atoms with Gasteiger partial charge in [0.15, 0.2) is 0 Å². The van der Waals surface area contributed by atoms with E-state index in [0.717, 1.165) is 25.9 Å². The molecule has 1 heterocycles. The molecule has 5 heteroatoms. The normalized spacial score (nSPS) is 23.9. The standard InChI is InChI=1S/C11H20N2O3/c1-8(11(12)16)6-13-4-2-3-9(7-13)5-10(14)15/h8-9H,2-7H2,1H3,(H2,12,16)(H,14,15). The highest BCUT2D eigenvalue weighted by atomic mass is 16.4. The minimum atomic E-state index is -0.741. The van der Waals surface area contributed by atoms with E-state index >= 15 is 0 Å². The topological polar surface area (TPSA) is 83.6 Å². The van der Waals surface area contributed by atoms with E-state index in [9.17, 15) is 9.59 Å². The van der Waals surface area contributed by atoms with Crippen LogP contribution in [0.2, 0.25) is 0 Å². The van der Waals surface area contributed by atoms with Gasteiger partial charge >= 0.3 is 5.97 Å². The number of nitrogens with two attached hydrogens (primary N) is 1. The number of rotatable bonds is 5. The maximum Gasteiger partial charge on any atom is 0.303 e. The molecule has 0 aromatic rings. The second-order valence-electron chi connectivity index (χ2n) is 4.67. The number of aliphatic carboxylic acids is 1. The van der Waals surface area contributed by atoms with E-state index in [1.807, 2.05) is 6.92 Å². The minimum absolute atomic E-state index is 0.163. The number of carbonyl (C=O) groups is 2. The highest BCUT2D eigenvalue weighted by Crippen LogP contribution is 2.20. The van der Waals surface area contributed by atoms with E-state index < -0.39 is 5.97 Å². The summed E-state index contributed by atoms with van der Waals surface area (Å²) < 4.78 is 0. The predicted molar refractivity (Wildman–Crippen MR) is 59.8 cm³/mol. The lowest BCUT2D eigenvalue weighted by Crippen LogP contribution is -2.41. The first kappa shape index (κ1) is 13.0. The van der Waals surface area contributed by atoms with E-state index in [1.54, 1.807) is 0 Å². The lowest BCUT2D eigenvalue weighted by atomic mass is 9.94. The second kappa shape index (κ2) is 5.84. The van der Waals surface area contributed by atoms with Crippen molar-refractivity contribution in [3.05, 3.63) is 0 Å². The van der Waals surface area contributed by atoms with Gasteiger partial charge in [-0.2, -0.15) is 0 Å². The van der Waals surface area contributed by atoms with Crippen molar-refractivity contribution in [2.24, 2.45) is 17.6 Å². The molecule has 1 amide bonds. The molecule has 2 atom stereocenters. The molecule has 5 nitrogen and oxygen atoms in total. The quantitative estimate of drug-likeness (QED) is 0.708. The van der Waals surface area contributed by atoms with Crippen molar-refractivity contribution in [3.8, 4) is 0 Å². The highest BCUT2D eigenvalue weighted by molar-refractivity contribution is 5.76. The Hall–Kier alpha value is -1.10. The summed E-state index contributed by atoms with van der Waals surface area (Å²) in [5.74, 6) is -0.981. The smallest absolute Gasteiger partial charge is 0.303 e. The molecule has 1 aliphatic rings. The summed E-state index contributed by atoms with van der Waals surface area (Å²) in [6.07, 6.45) is 2.19. The van der Waals surface area contributed by atoms with Crippen LogP contribution >= 0.6 is 0 Å². The van der Waals surface area contributed by atoms with Gasteiger partial charge in [0, 0.05) is 25.4 Å². The molecule has 1 rings (SSSR count). The zero-order chi connectivity index (χ0) is 12.1. The summed E-state index contributed by atoms with van der Waals surface area (Å²) >= 11 is 0. The lowest BCUT2D eigenvalue weighted by molar-refractivity contribution is -0.138. The van der Waals surface area contributed by atoms with Crippen LogP contribution in [0.3, 0.4) is 0 Å². The lowest BCUT2D eigenvalue weighted by Gasteiger charge is -2.33. The third-order valence-corrected chi connectivity index (χ3v) is 3.08. The molecule has 0 aromatic heterocycles. The summed E-state index contributed by atoms with van der Waals surface area (Å²) in [5, 5.41) is 8.73. The molecule has 0 aromatic carbocycles.